The van der Waals surface area contributed by atoms with E-state index in [9.17, 15) is 14.4 Å². The van der Waals surface area contributed by atoms with Crippen LogP contribution in [0.25, 0.3) is 6.08 Å². The predicted molar refractivity (Wildman–Crippen MR) is 94.1 cm³/mol. The minimum atomic E-state index is -0.723. The highest BCUT2D eigenvalue weighted by atomic mass is 35.5. The summed E-state index contributed by atoms with van der Waals surface area (Å²) < 4.78 is 9.42. The van der Waals surface area contributed by atoms with Crippen molar-refractivity contribution in [3.8, 4) is 0 Å². The summed E-state index contributed by atoms with van der Waals surface area (Å²) in [7, 11) is 2.42. The molecule has 0 saturated carbocycles. The van der Waals surface area contributed by atoms with E-state index in [1.54, 1.807) is 6.20 Å². The molecule has 3 rings (SSSR count). The Hall–Kier alpha value is -3.40. The van der Waals surface area contributed by atoms with E-state index in [0.29, 0.717) is 5.82 Å². The largest absolute Gasteiger partial charge is 0.469 e. The normalized spacial score (nSPS) is 14.9. The molecule has 11 heteroatoms. The first-order valence-electron chi connectivity index (χ1n) is 7.61. The lowest BCUT2D eigenvalue weighted by atomic mass is 10.0. The number of nitrogens with zero attached hydrogens (tertiary/aromatic N) is 2. The van der Waals surface area contributed by atoms with E-state index in [1.807, 2.05) is 0 Å². The summed E-state index contributed by atoms with van der Waals surface area (Å²) >= 11 is 6.16. The number of aromatic amines is 2. The number of esters is 2. The quantitative estimate of drug-likeness (QED) is 0.509. The molecular formula is C16H14ClN5O5. The van der Waals surface area contributed by atoms with Gasteiger partial charge >= 0.3 is 11.9 Å². The van der Waals surface area contributed by atoms with Crippen molar-refractivity contribution in [3.05, 3.63) is 45.8 Å². The number of H-pyrrole nitrogens is 2. The van der Waals surface area contributed by atoms with Crippen molar-refractivity contribution in [2.24, 2.45) is 5.10 Å². The Morgan fingerprint density at radius 3 is 2.70 bits per heavy atom. The van der Waals surface area contributed by atoms with Crippen LogP contribution in [0.1, 0.15) is 27.4 Å². The number of halogens is 1. The zero-order valence-corrected chi connectivity index (χ0v) is 15.0. The molecule has 1 amide bonds. The predicted octanol–water partition coefficient (Wildman–Crippen LogP) is 0.811. The molecule has 27 heavy (non-hydrogen) atoms. The minimum Gasteiger partial charge on any atom is -0.469 e. The molecule has 0 radical (unpaired) electrons. The molecule has 0 unspecified atom stereocenters. The number of hydrogen-bond acceptors (Lipinski definition) is 7. The molecule has 2 aromatic heterocycles. The second-order valence-corrected chi connectivity index (χ2v) is 5.73. The Balaban J connectivity index is 2.11. The number of carbonyl (C=O) groups excluding carboxylic acids is 3. The van der Waals surface area contributed by atoms with Crippen LogP contribution in [0, 0.1) is 0 Å². The van der Waals surface area contributed by atoms with Crippen LogP contribution < -0.4 is 5.43 Å². The van der Waals surface area contributed by atoms with Gasteiger partial charge in [-0.05, 0) is 6.08 Å². The van der Waals surface area contributed by atoms with Gasteiger partial charge in [-0.25, -0.2) is 15.2 Å². The third-order valence-corrected chi connectivity index (χ3v) is 4.12. The van der Waals surface area contributed by atoms with Gasteiger partial charge in [-0.1, -0.05) is 11.6 Å². The molecule has 3 heterocycles. The van der Waals surface area contributed by atoms with Crippen molar-refractivity contribution < 1.29 is 23.9 Å². The summed E-state index contributed by atoms with van der Waals surface area (Å²) in [5.74, 6) is -1.43. The summed E-state index contributed by atoms with van der Waals surface area (Å²) in [6.45, 7) is 0. The van der Waals surface area contributed by atoms with Gasteiger partial charge in [0.2, 0.25) is 0 Å². The highest BCUT2D eigenvalue weighted by molar-refractivity contribution is 6.33. The molecule has 3 N–H and O–H groups in total. The van der Waals surface area contributed by atoms with E-state index in [-0.39, 0.29) is 39.7 Å². The molecule has 140 valence electrons. The first kappa shape index (κ1) is 18.4. The average molecular weight is 392 g/mol. The van der Waals surface area contributed by atoms with Crippen LogP contribution in [0.3, 0.4) is 0 Å². The number of imidazole rings is 1. The second kappa shape index (κ2) is 7.46. The lowest BCUT2D eigenvalue weighted by Gasteiger charge is -2.04. The standard InChI is InChI=1S/C16H14ClN5O5/c1-26-10(23)6-7-11(16(25)27-2)9(20-13(7)17)5-8-12(21-22-15(8)24)14-18-3-4-19-14/h3-5,20H,6H2,1-2H3,(H,18,19)(H,22,24)/b8-5+. The summed E-state index contributed by atoms with van der Waals surface area (Å²) in [4.78, 5) is 45.8. The number of nitrogens with one attached hydrogen (secondary N) is 3. The molecule has 0 fully saturated rings. The van der Waals surface area contributed by atoms with E-state index >= 15 is 0 Å². The fourth-order valence-corrected chi connectivity index (χ4v) is 2.81. The Morgan fingerprint density at radius 2 is 2.07 bits per heavy atom. The number of ether oxygens (including phenoxy) is 2. The molecule has 0 aromatic carbocycles. The van der Waals surface area contributed by atoms with Gasteiger partial charge < -0.3 is 19.4 Å². The van der Waals surface area contributed by atoms with Crippen LogP contribution in [-0.4, -0.2) is 52.7 Å². The Bertz CT molecular complexity index is 974. The van der Waals surface area contributed by atoms with Crippen molar-refractivity contribution >= 4 is 41.2 Å². The average Bonchev–Trinajstić information content (AvgIpc) is 3.36. The second-order valence-electron chi connectivity index (χ2n) is 5.35. The topological polar surface area (TPSA) is 139 Å². The molecule has 0 spiro atoms. The van der Waals surface area contributed by atoms with Crippen LogP contribution in [0.4, 0.5) is 0 Å². The lowest BCUT2D eigenvalue weighted by molar-refractivity contribution is -0.139. The smallest absolute Gasteiger partial charge is 0.340 e. The van der Waals surface area contributed by atoms with Gasteiger partial charge in [0.05, 0.1) is 37.5 Å². The summed E-state index contributed by atoms with van der Waals surface area (Å²) in [6, 6.07) is 0. The molecule has 1 aliphatic heterocycles. The molecule has 1 aliphatic rings. The van der Waals surface area contributed by atoms with Crippen molar-refractivity contribution in [1.82, 2.24) is 20.4 Å². The zero-order valence-electron chi connectivity index (χ0n) is 14.3. The van der Waals surface area contributed by atoms with Gasteiger partial charge in [-0.3, -0.25) is 9.59 Å². The third-order valence-electron chi connectivity index (χ3n) is 3.80. The maximum Gasteiger partial charge on any atom is 0.340 e. The third kappa shape index (κ3) is 3.47. The molecule has 10 nitrogen and oxygen atoms in total. The molecule has 2 aromatic rings. The lowest BCUT2D eigenvalue weighted by Crippen LogP contribution is -2.15. The number of amides is 1. The first-order valence-corrected chi connectivity index (χ1v) is 7.99. The number of aromatic nitrogens is 3. The molecular weight excluding hydrogens is 378 g/mol. The van der Waals surface area contributed by atoms with Crippen LogP contribution >= 0.6 is 11.6 Å². The fraction of sp³-hybridized carbons (Fsp3) is 0.188. The maximum absolute atomic E-state index is 12.3. The number of carbonyl (C=O) groups is 3. The minimum absolute atomic E-state index is 0.0268. The van der Waals surface area contributed by atoms with Crippen LogP contribution in [0.2, 0.25) is 5.15 Å². The number of methoxy groups -OCH3 is 2. The number of hydrogen-bond donors (Lipinski definition) is 3. The molecule has 0 aliphatic carbocycles. The Kier molecular flexibility index (Phi) is 5.08. The van der Waals surface area contributed by atoms with Gasteiger partial charge in [-0.15, -0.1) is 0 Å². The van der Waals surface area contributed by atoms with E-state index in [0.717, 1.165) is 0 Å². The van der Waals surface area contributed by atoms with Crippen molar-refractivity contribution in [2.75, 3.05) is 14.2 Å². The van der Waals surface area contributed by atoms with E-state index in [1.165, 1.54) is 26.5 Å². The summed E-state index contributed by atoms with van der Waals surface area (Å²) in [5.41, 5.74) is 3.18. The van der Waals surface area contributed by atoms with Gasteiger partial charge in [0.25, 0.3) is 5.91 Å². The first-order chi connectivity index (χ1) is 13.0. The summed E-state index contributed by atoms with van der Waals surface area (Å²) in [6.07, 6.45) is 4.24. The zero-order chi connectivity index (χ0) is 19.6. The van der Waals surface area contributed by atoms with Gasteiger partial charge in [0.1, 0.15) is 10.9 Å². The Labute approximate surface area is 157 Å². The van der Waals surface area contributed by atoms with Crippen molar-refractivity contribution in [2.45, 2.75) is 6.42 Å². The number of rotatable bonds is 5. The highest BCUT2D eigenvalue weighted by Gasteiger charge is 2.29. The Morgan fingerprint density at radius 1 is 1.30 bits per heavy atom. The fourth-order valence-electron chi connectivity index (χ4n) is 2.54. The monoisotopic (exact) mass is 391 g/mol. The van der Waals surface area contributed by atoms with Gasteiger partial charge in [0.15, 0.2) is 5.82 Å². The SMILES string of the molecule is COC(=O)Cc1c(Cl)[nH]c(/C=C2/C(=O)NN=C2c2ncc[nH]2)c1C(=O)OC. The van der Waals surface area contributed by atoms with Gasteiger partial charge in [-0.2, -0.15) is 5.10 Å². The molecule has 0 bridgehead atoms. The maximum atomic E-state index is 12.3. The van der Waals surface area contributed by atoms with Crippen LogP contribution in [0.5, 0.6) is 0 Å². The molecule has 0 atom stereocenters. The van der Waals surface area contributed by atoms with E-state index in [2.05, 4.69) is 30.2 Å². The van der Waals surface area contributed by atoms with Gasteiger partial charge in [0, 0.05) is 18.0 Å². The van der Waals surface area contributed by atoms with Crippen molar-refractivity contribution in [3.63, 3.8) is 0 Å². The number of hydrazone groups is 1. The molecule has 0 saturated heterocycles. The van der Waals surface area contributed by atoms with Crippen LogP contribution in [-0.2, 0) is 25.5 Å². The van der Waals surface area contributed by atoms with E-state index < -0.39 is 17.8 Å². The summed E-state index contributed by atoms with van der Waals surface area (Å²) in [5, 5.41) is 4.00. The van der Waals surface area contributed by atoms with Crippen molar-refractivity contribution in [1.29, 1.82) is 0 Å². The highest BCUT2D eigenvalue weighted by Crippen LogP contribution is 2.28. The van der Waals surface area contributed by atoms with Crippen LogP contribution in [0.15, 0.2) is 23.1 Å². The van der Waals surface area contributed by atoms with E-state index in [4.69, 9.17) is 16.3 Å².